The van der Waals surface area contributed by atoms with Crippen LogP contribution in [0.2, 0.25) is 0 Å². The first kappa shape index (κ1) is 16.7. The molecule has 0 radical (unpaired) electrons. The molecular formula is C20H16N6O. The van der Waals surface area contributed by atoms with E-state index < -0.39 is 0 Å². The molecule has 0 aliphatic heterocycles. The number of aromatic nitrogens is 4. The second-order valence-corrected chi connectivity index (χ2v) is 6.00. The van der Waals surface area contributed by atoms with E-state index in [0.29, 0.717) is 34.8 Å². The zero-order valence-electron chi connectivity index (χ0n) is 14.6. The van der Waals surface area contributed by atoms with Crippen molar-refractivity contribution in [2.45, 2.75) is 6.61 Å². The van der Waals surface area contributed by atoms with Gasteiger partial charge in [0.15, 0.2) is 5.82 Å². The molecule has 0 amide bonds. The van der Waals surface area contributed by atoms with Crippen LogP contribution in [0.1, 0.15) is 11.4 Å². The number of nitrogens with two attached hydrogens (primary N) is 1. The van der Waals surface area contributed by atoms with Gasteiger partial charge in [0.25, 0.3) is 0 Å². The molecule has 0 saturated carbocycles. The van der Waals surface area contributed by atoms with Crippen molar-refractivity contribution < 1.29 is 4.74 Å². The first-order chi connectivity index (χ1) is 13.2. The van der Waals surface area contributed by atoms with E-state index in [1.165, 1.54) is 0 Å². The number of rotatable bonds is 4. The normalized spacial score (nSPS) is 10.8. The Balaban J connectivity index is 1.88. The van der Waals surface area contributed by atoms with Crippen molar-refractivity contribution in [1.29, 1.82) is 5.26 Å². The Bertz CT molecular complexity index is 1160. The van der Waals surface area contributed by atoms with Crippen LogP contribution in [0.4, 0.5) is 5.82 Å². The average Bonchev–Trinajstić information content (AvgIpc) is 3.12. The van der Waals surface area contributed by atoms with Gasteiger partial charge in [0.2, 0.25) is 0 Å². The lowest BCUT2D eigenvalue weighted by atomic mass is 10.0. The number of para-hydroxylation sites is 1. The Labute approximate surface area is 155 Å². The average molecular weight is 356 g/mol. The number of H-pyrrole nitrogens is 1. The summed E-state index contributed by atoms with van der Waals surface area (Å²) in [5.41, 5.74) is 10.3. The SMILES string of the molecule is COCc1ncc(-c2cc(-c3c[nH]c4ccccc34)nc(N)c2C#N)cn1. The maximum absolute atomic E-state index is 9.56. The van der Waals surface area contributed by atoms with Crippen LogP contribution in [0.15, 0.2) is 48.9 Å². The Morgan fingerprint density at radius 1 is 1.19 bits per heavy atom. The molecule has 7 nitrogen and oxygen atoms in total. The van der Waals surface area contributed by atoms with Gasteiger partial charge in [-0.05, 0) is 12.1 Å². The van der Waals surface area contributed by atoms with Gasteiger partial charge in [-0.1, -0.05) is 18.2 Å². The van der Waals surface area contributed by atoms with E-state index in [4.69, 9.17) is 10.5 Å². The lowest BCUT2D eigenvalue weighted by Gasteiger charge is -2.10. The maximum Gasteiger partial charge on any atom is 0.153 e. The lowest BCUT2D eigenvalue weighted by Crippen LogP contribution is -2.01. The summed E-state index contributed by atoms with van der Waals surface area (Å²) < 4.78 is 5.04. The molecule has 0 bridgehead atoms. The number of benzene rings is 1. The molecule has 27 heavy (non-hydrogen) atoms. The fourth-order valence-electron chi connectivity index (χ4n) is 3.03. The third-order valence-electron chi connectivity index (χ3n) is 4.31. The Hall–Kier alpha value is -3.76. The zero-order chi connectivity index (χ0) is 18.8. The maximum atomic E-state index is 9.56. The first-order valence-electron chi connectivity index (χ1n) is 8.28. The van der Waals surface area contributed by atoms with E-state index in [2.05, 4.69) is 26.0 Å². The topological polar surface area (TPSA) is 113 Å². The molecule has 0 fully saturated rings. The van der Waals surface area contributed by atoms with Gasteiger partial charge in [0, 0.05) is 53.3 Å². The molecule has 3 heterocycles. The van der Waals surface area contributed by atoms with Crippen molar-refractivity contribution in [3.05, 3.63) is 60.3 Å². The van der Waals surface area contributed by atoms with E-state index in [1.54, 1.807) is 19.5 Å². The molecule has 4 aromatic rings. The van der Waals surface area contributed by atoms with E-state index in [0.717, 1.165) is 16.5 Å². The van der Waals surface area contributed by atoms with Crippen molar-refractivity contribution in [1.82, 2.24) is 19.9 Å². The number of hydrogen-bond acceptors (Lipinski definition) is 6. The molecule has 0 saturated heterocycles. The summed E-state index contributed by atoms with van der Waals surface area (Å²) in [7, 11) is 1.59. The number of nitrogen functional groups attached to an aromatic ring is 1. The number of nitrogens with zero attached hydrogens (tertiary/aromatic N) is 4. The van der Waals surface area contributed by atoms with Gasteiger partial charge in [0.05, 0.1) is 5.69 Å². The highest BCUT2D eigenvalue weighted by molar-refractivity contribution is 5.95. The number of ether oxygens (including phenoxy) is 1. The van der Waals surface area contributed by atoms with Crippen LogP contribution in [0.5, 0.6) is 0 Å². The highest BCUT2D eigenvalue weighted by Gasteiger charge is 2.16. The van der Waals surface area contributed by atoms with Crippen LogP contribution in [0.25, 0.3) is 33.3 Å². The Morgan fingerprint density at radius 2 is 1.96 bits per heavy atom. The summed E-state index contributed by atoms with van der Waals surface area (Å²) in [6.45, 7) is 0.324. The fourth-order valence-corrected chi connectivity index (χ4v) is 3.03. The van der Waals surface area contributed by atoms with Gasteiger partial charge >= 0.3 is 0 Å². The largest absolute Gasteiger partial charge is 0.383 e. The minimum absolute atomic E-state index is 0.177. The van der Waals surface area contributed by atoms with Crippen LogP contribution in [0, 0.1) is 11.3 Å². The van der Waals surface area contributed by atoms with Gasteiger partial charge in [-0.3, -0.25) is 0 Å². The molecule has 0 spiro atoms. The van der Waals surface area contributed by atoms with Gasteiger partial charge < -0.3 is 15.5 Å². The molecule has 7 heteroatoms. The van der Waals surface area contributed by atoms with Crippen LogP contribution >= 0.6 is 0 Å². The molecule has 1 aromatic carbocycles. The summed E-state index contributed by atoms with van der Waals surface area (Å²) >= 11 is 0. The predicted octanol–water partition coefficient (Wildman–Crippen LogP) is 3.29. The number of nitrogens with one attached hydrogen (secondary N) is 1. The van der Waals surface area contributed by atoms with Crippen molar-refractivity contribution in [3.8, 4) is 28.5 Å². The highest BCUT2D eigenvalue weighted by Crippen LogP contribution is 2.33. The van der Waals surface area contributed by atoms with Crippen molar-refractivity contribution in [3.63, 3.8) is 0 Å². The number of aromatic amines is 1. The number of pyridine rings is 1. The second kappa shape index (κ2) is 6.86. The molecule has 3 N–H and O–H groups in total. The molecule has 0 aliphatic rings. The molecule has 4 rings (SSSR count). The molecule has 0 unspecified atom stereocenters. The van der Waals surface area contributed by atoms with Crippen molar-refractivity contribution >= 4 is 16.7 Å². The van der Waals surface area contributed by atoms with Crippen LogP contribution in [-0.4, -0.2) is 27.0 Å². The van der Waals surface area contributed by atoms with E-state index in [-0.39, 0.29) is 5.82 Å². The summed E-state index contributed by atoms with van der Waals surface area (Å²) in [4.78, 5) is 16.2. The lowest BCUT2D eigenvalue weighted by molar-refractivity contribution is 0.178. The van der Waals surface area contributed by atoms with Crippen LogP contribution in [-0.2, 0) is 11.3 Å². The monoisotopic (exact) mass is 356 g/mol. The smallest absolute Gasteiger partial charge is 0.153 e. The Kier molecular flexibility index (Phi) is 4.24. The number of methoxy groups -OCH3 is 1. The Morgan fingerprint density at radius 3 is 2.70 bits per heavy atom. The second-order valence-electron chi connectivity index (χ2n) is 6.00. The third-order valence-corrected chi connectivity index (χ3v) is 4.31. The van der Waals surface area contributed by atoms with Crippen molar-refractivity contribution in [2.75, 3.05) is 12.8 Å². The molecule has 0 atom stereocenters. The molecule has 132 valence electrons. The number of hydrogen-bond donors (Lipinski definition) is 2. The highest BCUT2D eigenvalue weighted by atomic mass is 16.5. The fraction of sp³-hybridized carbons (Fsp3) is 0.100. The quantitative estimate of drug-likeness (QED) is 0.580. The first-order valence-corrected chi connectivity index (χ1v) is 8.28. The minimum Gasteiger partial charge on any atom is -0.383 e. The zero-order valence-corrected chi connectivity index (χ0v) is 14.6. The number of anilines is 1. The minimum atomic E-state index is 0.177. The standard InChI is InChI=1S/C20H16N6O/c1-27-11-19-24-8-12(9-25-19)14-6-18(26-20(22)15(14)7-21)16-10-23-17-5-3-2-4-13(16)17/h2-6,8-10,23H,11H2,1H3,(H2,22,26). The van der Waals surface area contributed by atoms with Crippen molar-refractivity contribution in [2.24, 2.45) is 0 Å². The van der Waals surface area contributed by atoms with Gasteiger partial charge in [-0.2, -0.15) is 5.26 Å². The molecule has 0 aliphatic carbocycles. The van der Waals surface area contributed by atoms with Gasteiger partial charge in [0.1, 0.15) is 24.1 Å². The summed E-state index contributed by atoms with van der Waals surface area (Å²) in [5.74, 6) is 0.745. The van der Waals surface area contributed by atoms with Crippen LogP contribution in [0.3, 0.4) is 0 Å². The van der Waals surface area contributed by atoms with Crippen LogP contribution < -0.4 is 5.73 Å². The third kappa shape index (κ3) is 2.99. The van der Waals surface area contributed by atoms with Gasteiger partial charge in [-0.15, -0.1) is 0 Å². The number of nitriles is 1. The van der Waals surface area contributed by atoms with E-state index in [9.17, 15) is 5.26 Å². The summed E-state index contributed by atoms with van der Waals surface area (Å²) in [6.07, 6.45) is 5.21. The number of fused-ring (bicyclic) bond motifs is 1. The predicted molar refractivity (Wildman–Crippen MR) is 102 cm³/mol. The van der Waals surface area contributed by atoms with E-state index >= 15 is 0 Å². The van der Waals surface area contributed by atoms with E-state index in [1.807, 2.05) is 36.5 Å². The molecular weight excluding hydrogens is 340 g/mol. The summed E-state index contributed by atoms with van der Waals surface area (Å²) in [5, 5.41) is 10.6. The molecule has 3 aromatic heterocycles. The van der Waals surface area contributed by atoms with Gasteiger partial charge in [-0.25, -0.2) is 15.0 Å². The summed E-state index contributed by atoms with van der Waals surface area (Å²) in [6, 6.07) is 11.9.